The highest BCUT2D eigenvalue weighted by molar-refractivity contribution is 5.52. The molecule has 3 fully saturated rings. The molecule has 0 bridgehead atoms. The zero-order valence-electron chi connectivity index (χ0n) is 19.4. The van der Waals surface area contributed by atoms with Crippen LogP contribution in [0.15, 0.2) is 30.3 Å². The van der Waals surface area contributed by atoms with Gasteiger partial charge in [0, 0.05) is 19.6 Å². The fraction of sp³-hybridized carbons (Fsp3) is 0.704. The SMILES string of the molecule is COC1NCCCC1CN1CCC(/C=C/c2cccc(OCC3CCCCC3)c2)CC1. The Morgan fingerprint density at radius 1 is 1.03 bits per heavy atom. The summed E-state index contributed by atoms with van der Waals surface area (Å²) in [4.78, 5) is 2.65. The minimum absolute atomic E-state index is 0.235. The number of rotatable bonds is 8. The molecule has 0 spiro atoms. The van der Waals surface area contributed by atoms with Crippen molar-refractivity contribution in [1.82, 2.24) is 10.2 Å². The molecule has 2 heterocycles. The predicted octanol–water partition coefficient (Wildman–Crippen LogP) is 5.34. The highest BCUT2D eigenvalue weighted by Crippen LogP contribution is 2.26. The largest absolute Gasteiger partial charge is 0.493 e. The molecule has 3 aliphatic rings. The second-order valence-electron chi connectivity index (χ2n) is 9.90. The molecular formula is C27H42N2O2. The number of ether oxygens (including phenoxy) is 2. The van der Waals surface area contributed by atoms with Gasteiger partial charge in [-0.15, -0.1) is 0 Å². The van der Waals surface area contributed by atoms with Crippen LogP contribution in [0.2, 0.25) is 0 Å². The van der Waals surface area contributed by atoms with Crippen molar-refractivity contribution < 1.29 is 9.47 Å². The first kappa shape index (κ1) is 22.8. The fourth-order valence-electron chi connectivity index (χ4n) is 5.57. The van der Waals surface area contributed by atoms with Gasteiger partial charge in [0.2, 0.25) is 0 Å². The van der Waals surface area contributed by atoms with Crippen LogP contribution in [-0.4, -0.2) is 51.0 Å². The molecule has 0 radical (unpaired) electrons. The van der Waals surface area contributed by atoms with Crippen molar-refractivity contribution >= 4 is 6.08 Å². The Kier molecular flexibility index (Phi) is 8.86. The smallest absolute Gasteiger partial charge is 0.119 e. The zero-order valence-corrected chi connectivity index (χ0v) is 19.4. The normalized spacial score (nSPS) is 27.0. The monoisotopic (exact) mass is 426 g/mol. The minimum atomic E-state index is 0.235. The standard InChI is InChI=1S/C27H42N2O2/c1-30-27-25(10-6-16-28-27)20-29-17-14-22(15-18-29)12-13-23-9-5-11-26(19-23)31-21-24-7-3-2-4-8-24/h5,9,11-13,19,22,24-25,27-28H,2-4,6-8,10,14-18,20-21H2,1H3/b13-12+. The first-order chi connectivity index (χ1) is 15.3. The van der Waals surface area contributed by atoms with Crippen molar-refractivity contribution in [3.63, 3.8) is 0 Å². The van der Waals surface area contributed by atoms with E-state index in [0.717, 1.165) is 24.8 Å². The Balaban J connectivity index is 1.20. The van der Waals surface area contributed by atoms with E-state index in [9.17, 15) is 0 Å². The van der Waals surface area contributed by atoms with E-state index in [1.165, 1.54) is 83.0 Å². The summed E-state index contributed by atoms with van der Waals surface area (Å²) in [5, 5.41) is 3.52. The number of likely N-dealkylation sites (tertiary alicyclic amines) is 1. The highest BCUT2D eigenvalue weighted by atomic mass is 16.5. The van der Waals surface area contributed by atoms with E-state index in [2.05, 4.69) is 46.6 Å². The third-order valence-corrected chi connectivity index (χ3v) is 7.53. The molecule has 1 saturated carbocycles. The maximum atomic E-state index is 6.13. The van der Waals surface area contributed by atoms with Gasteiger partial charge in [-0.05, 0) is 87.7 Å². The Labute approximate surface area is 189 Å². The number of nitrogens with zero attached hydrogens (tertiary/aromatic N) is 1. The Bertz CT molecular complexity index is 678. The average Bonchev–Trinajstić information content (AvgIpc) is 2.84. The first-order valence-corrected chi connectivity index (χ1v) is 12.7. The number of allylic oxidation sites excluding steroid dienone is 1. The minimum Gasteiger partial charge on any atom is -0.493 e. The Hall–Kier alpha value is -1.36. The summed E-state index contributed by atoms with van der Waals surface area (Å²) < 4.78 is 11.8. The van der Waals surface area contributed by atoms with Crippen molar-refractivity contribution in [3.05, 3.63) is 35.9 Å². The van der Waals surface area contributed by atoms with Crippen LogP contribution in [0.3, 0.4) is 0 Å². The molecule has 172 valence electrons. The second kappa shape index (κ2) is 12.0. The number of hydrogen-bond donors (Lipinski definition) is 1. The van der Waals surface area contributed by atoms with Crippen LogP contribution in [0.25, 0.3) is 6.08 Å². The van der Waals surface area contributed by atoms with Crippen LogP contribution in [0.1, 0.15) is 63.4 Å². The molecule has 1 aliphatic carbocycles. The molecule has 2 atom stereocenters. The Morgan fingerprint density at radius 3 is 2.68 bits per heavy atom. The molecule has 0 aromatic heterocycles. The van der Waals surface area contributed by atoms with Gasteiger partial charge in [0.15, 0.2) is 0 Å². The van der Waals surface area contributed by atoms with Gasteiger partial charge >= 0.3 is 0 Å². The van der Waals surface area contributed by atoms with Crippen LogP contribution in [-0.2, 0) is 4.74 Å². The van der Waals surface area contributed by atoms with Crippen molar-refractivity contribution in [2.45, 2.75) is 64.0 Å². The molecule has 0 amide bonds. The number of methoxy groups -OCH3 is 1. The number of nitrogens with one attached hydrogen (secondary N) is 1. The summed E-state index contributed by atoms with van der Waals surface area (Å²) in [7, 11) is 1.84. The molecule has 4 heteroatoms. The van der Waals surface area contributed by atoms with Crippen LogP contribution in [0.5, 0.6) is 5.75 Å². The number of benzene rings is 1. The molecule has 4 rings (SSSR count). The van der Waals surface area contributed by atoms with Gasteiger partial charge < -0.3 is 14.4 Å². The van der Waals surface area contributed by atoms with Gasteiger partial charge in [-0.3, -0.25) is 5.32 Å². The van der Waals surface area contributed by atoms with Gasteiger partial charge in [-0.2, -0.15) is 0 Å². The molecule has 2 aliphatic heterocycles. The molecule has 2 unspecified atom stereocenters. The maximum Gasteiger partial charge on any atom is 0.119 e. The lowest BCUT2D eigenvalue weighted by molar-refractivity contribution is -0.0104. The molecule has 1 aromatic rings. The lowest BCUT2D eigenvalue weighted by atomic mass is 9.90. The number of hydrogen-bond acceptors (Lipinski definition) is 4. The number of piperidine rings is 2. The van der Waals surface area contributed by atoms with Crippen molar-refractivity contribution in [2.75, 3.05) is 39.9 Å². The molecular weight excluding hydrogens is 384 g/mol. The summed E-state index contributed by atoms with van der Waals surface area (Å²) in [5.74, 6) is 3.09. The van der Waals surface area contributed by atoms with Crippen LogP contribution < -0.4 is 10.1 Å². The van der Waals surface area contributed by atoms with Gasteiger partial charge in [-0.1, -0.05) is 43.5 Å². The summed E-state index contributed by atoms with van der Waals surface area (Å²) in [5.41, 5.74) is 1.26. The first-order valence-electron chi connectivity index (χ1n) is 12.7. The maximum absolute atomic E-state index is 6.13. The van der Waals surface area contributed by atoms with Crippen molar-refractivity contribution in [3.8, 4) is 5.75 Å². The van der Waals surface area contributed by atoms with Crippen molar-refractivity contribution in [2.24, 2.45) is 17.8 Å². The van der Waals surface area contributed by atoms with E-state index in [-0.39, 0.29) is 6.23 Å². The molecule has 2 saturated heterocycles. The third kappa shape index (κ3) is 7.06. The molecule has 1 aromatic carbocycles. The summed E-state index contributed by atoms with van der Waals surface area (Å²) in [6.45, 7) is 5.54. The summed E-state index contributed by atoms with van der Waals surface area (Å²) in [6, 6.07) is 8.63. The lowest BCUT2D eigenvalue weighted by Gasteiger charge is -2.38. The lowest BCUT2D eigenvalue weighted by Crippen LogP contribution is -2.48. The van der Waals surface area contributed by atoms with E-state index in [1.54, 1.807) is 0 Å². The quantitative estimate of drug-likeness (QED) is 0.608. The van der Waals surface area contributed by atoms with Crippen LogP contribution >= 0.6 is 0 Å². The van der Waals surface area contributed by atoms with Crippen LogP contribution in [0, 0.1) is 17.8 Å². The van der Waals surface area contributed by atoms with E-state index in [4.69, 9.17) is 9.47 Å². The van der Waals surface area contributed by atoms with E-state index < -0.39 is 0 Å². The van der Waals surface area contributed by atoms with E-state index >= 15 is 0 Å². The molecule has 31 heavy (non-hydrogen) atoms. The summed E-state index contributed by atoms with van der Waals surface area (Å²) in [6.07, 6.45) is 16.9. The molecule has 4 nitrogen and oxygen atoms in total. The highest BCUT2D eigenvalue weighted by Gasteiger charge is 2.28. The Morgan fingerprint density at radius 2 is 1.87 bits per heavy atom. The van der Waals surface area contributed by atoms with E-state index in [1.807, 2.05) is 7.11 Å². The predicted molar refractivity (Wildman–Crippen MR) is 128 cm³/mol. The summed E-state index contributed by atoms with van der Waals surface area (Å²) >= 11 is 0. The van der Waals surface area contributed by atoms with Crippen LogP contribution in [0.4, 0.5) is 0 Å². The topological polar surface area (TPSA) is 33.7 Å². The molecule has 1 N–H and O–H groups in total. The van der Waals surface area contributed by atoms with E-state index in [0.29, 0.717) is 11.8 Å². The second-order valence-corrected chi connectivity index (χ2v) is 9.90. The van der Waals surface area contributed by atoms with Gasteiger partial charge in [0.05, 0.1) is 6.61 Å². The average molecular weight is 427 g/mol. The van der Waals surface area contributed by atoms with Gasteiger partial charge in [0.1, 0.15) is 12.0 Å². The van der Waals surface area contributed by atoms with Crippen molar-refractivity contribution in [1.29, 1.82) is 0 Å². The van der Waals surface area contributed by atoms with Gasteiger partial charge in [0.25, 0.3) is 0 Å². The van der Waals surface area contributed by atoms with Gasteiger partial charge in [-0.25, -0.2) is 0 Å². The zero-order chi connectivity index (χ0) is 21.3. The fourth-order valence-corrected chi connectivity index (χ4v) is 5.57. The third-order valence-electron chi connectivity index (χ3n) is 7.53.